The van der Waals surface area contributed by atoms with Crippen LogP contribution in [0.2, 0.25) is 10.0 Å². The molecule has 0 spiro atoms. The smallest absolute Gasteiger partial charge is 0.254 e. The monoisotopic (exact) mass is 219 g/mol. The summed E-state index contributed by atoms with van der Waals surface area (Å²) in [6.07, 6.45) is 0. The van der Waals surface area contributed by atoms with E-state index in [9.17, 15) is 4.79 Å². The molecule has 0 saturated carbocycles. The van der Waals surface area contributed by atoms with Gasteiger partial charge in [0.2, 0.25) is 0 Å². The lowest BCUT2D eigenvalue weighted by molar-refractivity contribution is 0.0910. The molecule has 0 aliphatic carbocycles. The van der Waals surface area contributed by atoms with E-state index in [1.807, 2.05) is 0 Å². The van der Waals surface area contributed by atoms with Gasteiger partial charge in [0.25, 0.3) is 5.91 Å². The first kappa shape index (κ1) is 10.3. The predicted molar refractivity (Wildman–Crippen MR) is 51.0 cm³/mol. The van der Waals surface area contributed by atoms with E-state index in [4.69, 9.17) is 28.3 Å². The fraction of sp³-hybridized carbons (Fsp3) is 0.125. The molecular formula is C8H7Cl2NO2. The van der Waals surface area contributed by atoms with Crippen molar-refractivity contribution in [2.45, 2.75) is 0 Å². The van der Waals surface area contributed by atoms with Crippen LogP contribution in [0.25, 0.3) is 0 Å². The van der Waals surface area contributed by atoms with Crippen molar-refractivity contribution in [3.05, 3.63) is 33.8 Å². The maximum Gasteiger partial charge on any atom is 0.254 e. The topological polar surface area (TPSA) is 49.3 Å². The van der Waals surface area contributed by atoms with Crippen LogP contribution >= 0.6 is 23.2 Å². The van der Waals surface area contributed by atoms with Gasteiger partial charge in [-0.1, -0.05) is 23.2 Å². The number of carbonyl (C=O) groups is 1. The lowest BCUT2D eigenvalue weighted by atomic mass is 10.2. The summed E-state index contributed by atoms with van der Waals surface area (Å²) in [6.45, 7) is -0.419. The van der Waals surface area contributed by atoms with Gasteiger partial charge in [0.1, 0.15) is 6.73 Å². The third-order valence-electron chi connectivity index (χ3n) is 1.42. The Hall–Kier alpha value is -0.770. The third kappa shape index (κ3) is 2.59. The van der Waals surface area contributed by atoms with Crippen molar-refractivity contribution < 1.29 is 9.90 Å². The number of nitrogens with one attached hydrogen (secondary N) is 1. The van der Waals surface area contributed by atoms with E-state index in [2.05, 4.69) is 5.32 Å². The van der Waals surface area contributed by atoms with Gasteiger partial charge in [0.05, 0.1) is 10.6 Å². The highest BCUT2D eigenvalue weighted by molar-refractivity contribution is 6.36. The number of rotatable bonds is 2. The molecule has 0 saturated heterocycles. The van der Waals surface area contributed by atoms with Crippen molar-refractivity contribution in [1.82, 2.24) is 5.32 Å². The molecule has 3 nitrogen and oxygen atoms in total. The van der Waals surface area contributed by atoms with E-state index >= 15 is 0 Å². The SMILES string of the molecule is O=C(NCO)c1ccc(Cl)cc1Cl. The van der Waals surface area contributed by atoms with E-state index in [0.29, 0.717) is 10.6 Å². The second-order valence-corrected chi connectivity index (χ2v) is 3.13. The first-order valence-corrected chi connectivity index (χ1v) is 4.25. The number of amides is 1. The van der Waals surface area contributed by atoms with Crippen LogP contribution in [0.5, 0.6) is 0 Å². The second-order valence-electron chi connectivity index (χ2n) is 2.29. The Morgan fingerprint density at radius 3 is 2.69 bits per heavy atom. The summed E-state index contributed by atoms with van der Waals surface area (Å²) < 4.78 is 0. The van der Waals surface area contributed by atoms with Crippen LogP contribution in [0.3, 0.4) is 0 Å². The lowest BCUT2D eigenvalue weighted by Crippen LogP contribution is -2.24. The summed E-state index contributed by atoms with van der Waals surface area (Å²) in [6, 6.07) is 4.52. The summed E-state index contributed by atoms with van der Waals surface area (Å²) in [5.41, 5.74) is 0.292. The van der Waals surface area contributed by atoms with E-state index in [1.165, 1.54) is 12.1 Å². The van der Waals surface area contributed by atoms with Gasteiger partial charge in [-0.25, -0.2) is 0 Å². The zero-order valence-corrected chi connectivity index (χ0v) is 8.06. The van der Waals surface area contributed by atoms with Gasteiger partial charge in [0, 0.05) is 5.02 Å². The Bertz CT molecular complexity index is 328. The average molecular weight is 220 g/mol. The number of halogens is 2. The predicted octanol–water partition coefficient (Wildman–Crippen LogP) is 1.67. The normalized spacial score (nSPS) is 9.77. The molecule has 13 heavy (non-hydrogen) atoms. The highest BCUT2D eigenvalue weighted by atomic mass is 35.5. The molecule has 0 aromatic heterocycles. The van der Waals surface area contributed by atoms with Crippen LogP contribution in [0, 0.1) is 0 Å². The number of hydrogen-bond acceptors (Lipinski definition) is 2. The highest BCUT2D eigenvalue weighted by Crippen LogP contribution is 2.20. The number of aliphatic hydroxyl groups excluding tert-OH is 1. The molecule has 2 N–H and O–H groups in total. The molecule has 0 heterocycles. The van der Waals surface area contributed by atoms with Crippen LogP contribution in [0.15, 0.2) is 18.2 Å². The van der Waals surface area contributed by atoms with Crippen molar-refractivity contribution in [3.63, 3.8) is 0 Å². The molecular weight excluding hydrogens is 213 g/mol. The largest absolute Gasteiger partial charge is 0.376 e. The number of benzene rings is 1. The third-order valence-corrected chi connectivity index (χ3v) is 1.96. The fourth-order valence-corrected chi connectivity index (χ4v) is 1.33. The second kappa shape index (κ2) is 4.46. The van der Waals surface area contributed by atoms with Crippen LogP contribution in [0.1, 0.15) is 10.4 Å². The van der Waals surface area contributed by atoms with Crippen molar-refractivity contribution in [3.8, 4) is 0 Å². The average Bonchev–Trinajstić information content (AvgIpc) is 2.04. The van der Waals surface area contributed by atoms with Gasteiger partial charge in [0.15, 0.2) is 0 Å². The molecule has 0 bridgehead atoms. The first-order chi connectivity index (χ1) is 6.15. The van der Waals surface area contributed by atoms with Gasteiger partial charge < -0.3 is 10.4 Å². The van der Waals surface area contributed by atoms with E-state index in [-0.39, 0.29) is 5.02 Å². The Morgan fingerprint density at radius 2 is 2.15 bits per heavy atom. The van der Waals surface area contributed by atoms with Crippen LogP contribution in [-0.2, 0) is 0 Å². The summed E-state index contributed by atoms with van der Waals surface area (Å²) in [5.74, 6) is -0.427. The molecule has 0 fully saturated rings. The summed E-state index contributed by atoms with van der Waals surface area (Å²) >= 11 is 11.4. The minimum Gasteiger partial charge on any atom is -0.376 e. The molecule has 70 valence electrons. The molecule has 0 aliphatic heterocycles. The lowest BCUT2D eigenvalue weighted by Gasteiger charge is -2.03. The highest BCUT2D eigenvalue weighted by Gasteiger charge is 2.08. The molecule has 1 amide bonds. The van der Waals surface area contributed by atoms with Crippen LogP contribution in [0.4, 0.5) is 0 Å². The Kier molecular flexibility index (Phi) is 3.54. The van der Waals surface area contributed by atoms with Crippen LogP contribution in [-0.4, -0.2) is 17.7 Å². The van der Waals surface area contributed by atoms with Gasteiger partial charge in [-0.2, -0.15) is 0 Å². The molecule has 0 radical (unpaired) electrons. The summed E-state index contributed by atoms with van der Waals surface area (Å²) in [4.78, 5) is 11.2. The molecule has 0 unspecified atom stereocenters. The number of aliphatic hydroxyl groups is 1. The van der Waals surface area contributed by atoms with Crippen molar-refractivity contribution in [2.24, 2.45) is 0 Å². The number of hydrogen-bond donors (Lipinski definition) is 2. The maximum atomic E-state index is 11.2. The molecule has 1 aromatic rings. The van der Waals surface area contributed by atoms with Gasteiger partial charge in [-0.3, -0.25) is 4.79 Å². The Morgan fingerprint density at radius 1 is 1.46 bits per heavy atom. The minimum absolute atomic E-state index is 0.262. The fourth-order valence-electron chi connectivity index (χ4n) is 0.841. The van der Waals surface area contributed by atoms with Gasteiger partial charge in [-0.15, -0.1) is 0 Å². The first-order valence-electron chi connectivity index (χ1n) is 3.49. The van der Waals surface area contributed by atoms with E-state index in [0.717, 1.165) is 0 Å². The van der Waals surface area contributed by atoms with Crippen molar-refractivity contribution >= 4 is 29.1 Å². The zero-order chi connectivity index (χ0) is 9.84. The maximum absolute atomic E-state index is 11.2. The molecule has 1 rings (SSSR count). The number of carbonyl (C=O) groups excluding carboxylic acids is 1. The van der Waals surface area contributed by atoms with E-state index < -0.39 is 12.6 Å². The standard InChI is InChI=1S/C8H7Cl2NO2/c9-5-1-2-6(7(10)3-5)8(13)11-4-12/h1-3,12H,4H2,(H,11,13). The van der Waals surface area contributed by atoms with Crippen molar-refractivity contribution in [2.75, 3.05) is 6.73 Å². The van der Waals surface area contributed by atoms with Crippen LogP contribution < -0.4 is 5.32 Å². The molecule has 5 heteroatoms. The molecule has 0 atom stereocenters. The summed E-state index contributed by atoms with van der Waals surface area (Å²) in [7, 11) is 0. The quantitative estimate of drug-likeness (QED) is 0.744. The summed E-state index contributed by atoms with van der Waals surface area (Å²) in [5, 5.41) is 11.4. The van der Waals surface area contributed by atoms with Crippen molar-refractivity contribution in [1.29, 1.82) is 0 Å². The van der Waals surface area contributed by atoms with Gasteiger partial charge >= 0.3 is 0 Å². The van der Waals surface area contributed by atoms with Gasteiger partial charge in [-0.05, 0) is 18.2 Å². The molecule has 0 aliphatic rings. The Balaban J connectivity index is 2.95. The zero-order valence-electron chi connectivity index (χ0n) is 6.55. The molecule has 1 aromatic carbocycles. The minimum atomic E-state index is -0.427. The Labute approximate surface area is 85.3 Å². The van der Waals surface area contributed by atoms with E-state index in [1.54, 1.807) is 6.07 Å².